The molecule has 8 heteroatoms. The number of aliphatic imine (C=N–C) groups is 1. The summed E-state index contributed by atoms with van der Waals surface area (Å²) in [5.41, 5.74) is 8.98. The van der Waals surface area contributed by atoms with E-state index in [-0.39, 0.29) is 18.9 Å². The molecule has 3 aromatic rings. The maximum atomic E-state index is 13.1. The van der Waals surface area contributed by atoms with Crippen LogP contribution in [0.1, 0.15) is 22.5 Å². The SMILES string of the molecule is NCc1nn2c(c1-c1ccc(Cl)cc1)N=C(c1ccc(F)nc1)CC2=O. The maximum Gasteiger partial charge on any atom is 0.254 e. The number of hydrogen-bond donors (Lipinski definition) is 1. The van der Waals surface area contributed by atoms with E-state index in [0.29, 0.717) is 33.4 Å². The number of pyridine rings is 1. The second-order valence-electron chi connectivity index (χ2n) is 5.77. The molecule has 1 aliphatic heterocycles. The Morgan fingerprint density at radius 1 is 1.15 bits per heavy atom. The Kier molecular flexibility index (Phi) is 4.10. The van der Waals surface area contributed by atoms with Crippen LogP contribution in [0.4, 0.5) is 10.2 Å². The molecule has 2 N–H and O–H groups in total. The predicted octanol–water partition coefficient (Wildman–Crippen LogP) is 3.36. The summed E-state index contributed by atoms with van der Waals surface area (Å²) in [6, 6.07) is 9.94. The van der Waals surface area contributed by atoms with E-state index in [9.17, 15) is 9.18 Å². The van der Waals surface area contributed by atoms with E-state index < -0.39 is 5.95 Å². The molecule has 2 aromatic heterocycles. The largest absolute Gasteiger partial charge is 0.325 e. The average molecular weight is 370 g/mol. The van der Waals surface area contributed by atoms with E-state index in [4.69, 9.17) is 17.3 Å². The lowest BCUT2D eigenvalue weighted by Gasteiger charge is -2.14. The lowest BCUT2D eigenvalue weighted by molar-refractivity contribution is 0.0906. The summed E-state index contributed by atoms with van der Waals surface area (Å²) in [7, 11) is 0. The molecule has 0 unspecified atom stereocenters. The number of carbonyl (C=O) groups excluding carboxylic acids is 1. The van der Waals surface area contributed by atoms with Gasteiger partial charge in [0.15, 0.2) is 5.82 Å². The third-order valence-corrected chi connectivity index (χ3v) is 4.37. The van der Waals surface area contributed by atoms with Crippen molar-refractivity contribution in [3.8, 4) is 11.1 Å². The van der Waals surface area contributed by atoms with Crippen molar-refractivity contribution < 1.29 is 9.18 Å². The van der Waals surface area contributed by atoms with Gasteiger partial charge in [-0.05, 0) is 29.8 Å². The highest BCUT2D eigenvalue weighted by atomic mass is 35.5. The highest BCUT2D eigenvalue weighted by molar-refractivity contribution is 6.30. The fraction of sp³-hybridized carbons (Fsp3) is 0.111. The van der Waals surface area contributed by atoms with E-state index in [1.807, 2.05) is 12.1 Å². The standard InChI is InChI=1S/C18H13ClFN5O/c19-12-4-1-10(2-5-12)17-14(8-21)24-25-16(26)7-13(23-18(17)25)11-3-6-15(20)22-9-11/h1-6,9H,7-8,21H2. The Labute approximate surface area is 153 Å². The van der Waals surface area contributed by atoms with E-state index >= 15 is 0 Å². The molecule has 26 heavy (non-hydrogen) atoms. The summed E-state index contributed by atoms with van der Waals surface area (Å²) >= 11 is 5.96. The van der Waals surface area contributed by atoms with Crippen molar-refractivity contribution in [2.24, 2.45) is 10.7 Å². The zero-order valence-corrected chi connectivity index (χ0v) is 14.2. The summed E-state index contributed by atoms with van der Waals surface area (Å²) in [4.78, 5) is 20.8. The molecule has 0 radical (unpaired) electrons. The molecule has 0 aliphatic carbocycles. The number of nitrogens with zero attached hydrogens (tertiary/aromatic N) is 4. The number of aromatic nitrogens is 3. The van der Waals surface area contributed by atoms with Crippen LogP contribution in [0.25, 0.3) is 11.1 Å². The van der Waals surface area contributed by atoms with E-state index in [1.54, 1.807) is 18.2 Å². The van der Waals surface area contributed by atoms with Crippen LogP contribution in [0.3, 0.4) is 0 Å². The summed E-state index contributed by atoms with van der Waals surface area (Å²) in [6.45, 7) is 0.161. The monoisotopic (exact) mass is 369 g/mol. The van der Waals surface area contributed by atoms with Crippen molar-refractivity contribution in [2.75, 3.05) is 0 Å². The molecule has 0 saturated carbocycles. The van der Waals surface area contributed by atoms with Gasteiger partial charge in [-0.2, -0.15) is 14.2 Å². The van der Waals surface area contributed by atoms with Crippen LogP contribution in [-0.4, -0.2) is 26.4 Å². The molecule has 130 valence electrons. The number of fused-ring (bicyclic) bond motifs is 1. The minimum absolute atomic E-state index is 0.0477. The molecular formula is C18H13ClFN5O. The van der Waals surface area contributed by atoms with Gasteiger partial charge < -0.3 is 5.73 Å². The van der Waals surface area contributed by atoms with Gasteiger partial charge in [0.05, 0.1) is 23.4 Å². The molecule has 0 saturated heterocycles. The molecule has 0 bridgehead atoms. The number of rotatable bonds is 3. The van der Waals surface area contributed by atoms with Gasteiger partial charge in [-0.15, -0.1) is 0 Å². The fourth-order valence-corrected chi connectivity index (χ4v) is 3.01. The zero-order valence-electron chi connectivity index (χ0n) is 13.5. The average Bonchev–Trinajstić information content (AvgIpc) is 3.02. The van der Waals surface area contributed by atoms with Crippen LogP contribution in [0, 0.1) is 5.95 Å². The number of hydrogen-bond acceptors (Lipinski definition) is 5. The fourth-order valence-electron chi connectivity index (χ4n) is 2.88. The van der Waals surface area contributed by atoms with Gasteiger partial charge in [-0.1, -0.05) is 23.7 Å². The Morgan fingerprint density at radius 3 is 2.54 bits per heavy atom. The first kappa shape index (κ1) is 16.6. The van der Waals surface area contributed by atoms with Crippen molar-refractivity contribution in [3.63, 3.8) is 0 Å². The van der Waals surface area contributed by atoms with Crippen LogP contribution in [0.15, 0.2) is 47.6 Å². The van der Waals surface area contributed by atoms with Gasteiger partial charge in [0.2, 0.25) is 5.95 Å². The molecule has 1 aliphatic rings. The molecule has 0 atom stereocenters. The smallest absolute Gasteiger partial charge is 0.254 e. The second-order valence-corrected chi connectivity index (χ2v) is 6.20. The number of benzene rings is 1. The third kappa shape index (κ3) is 2.81. The molecule has 0 spiro atoms. The van der Waals surface area contributed by atoms with Crippen LogP contribution in [0.5, 0.6) is 0 Å². The predicted molar refractivity (Wildman–Crippen MR) is 96.2 cm³/mol. The van der Waals surface area contributed by atoms with Gasteiger partial charge in [-0.3, -0.25) is 4.79 Å². The molecule has 6 nitrogen and oxygen atoms in total. The lowest BCUT2D eigenvalue weighted by atomic mass is 10.0. The van der Waals surface area contributed by atoms with Crippen LogP contribution < -0.4 is 5.73 Å². The summed E-state index contributed by atoms with van der Waals surface area (Å²) in [5.74, 6) is -0.415. The summed E-state index contributed by atoms with van der Waals surface area (Å²) < 4.78 is 14.4. The number of carbonyl (C=O) groups is 1. The molecule has 0 amide bonds. The lowest BCUT2D eigenvalue weighted by Crippen LogP contribution is -2.22. The van der Waals surface area contributed by atoms with Crippen LogP contribution >= 0.6 is 11.6 Å². The Hall–Kier alpha value is -2.90. The highest BCUT2D eigenvalue weighted by Crippen LogP contribution is 2.37. The zero-order chi connectivity index (χ0) is 18.3. The first-order valence-electron chi connectivity index (χ1n) is 7.87. The molecular weight excluding hydrogens is 357 g/mol. The van der Waals surface area contributed by atoms with Crippen LogP contribution in [-0.2, 0) is 6.54 Å². The number of halogens is 2. The minimum Gasteiger partial charge on any atom is -0.325 e. The molecule has 1 aromatic carbocycles. The quantitative estimate of drug-likeness (QED) is 0.717. The molecule has 4 rings (SSSR count). The topological polar surface area (TPSA) is 86.2 Å². The van der Waals surface area contributed by atoms with Gasteiger partial charge in [0.1, 0.15) is 0 Å². The highest BCUT2D eigenvalue weighted by Gasteiger charge is 2.27. The molecule has 0 fully saturated rings. The Balaban J connectivity index is 1.90. The van der Waals surface area contributed by atoms with Gasteiger partial charge in [-0.25, -0.2) is 9.98 Å². The van der Waals surface area contributed by atoms with Crippen molar-refractivity contribution in [1.29, 1.82) is 0 Å². The van der Waals surface area contributed by atoms with Gasteiger partial charge >= 0.3 is 0 Å². The van der Waals surface area contributed by atoms with Crippen molar-refractivity contribution in [1.82, 2.24) is 14.8 Å². The third-order valence-electron chi connectivity index (χ3n) is 4.12. The van der Waals surface area contributed by atoms with Crippen molar-refractivity contribution in [2.45, 2.75) is 13.0 Å². The van der Waals surface area contributed by atoms with Crippen LogP contribution in [0.2, 0.25) is 5.02 Å². The second kappa shape index (κ2) is 6.44. The number of nitrogens with two attached hydrogens (primary N) is 1. The Morgan fingerprint density at radius 2 is 1.88 bits per heavy atom. The van der Waals surface area contributed by atoms with Gasteiger partial charge in [0, 0.05) is 23.3 Å². The molecule has 3 heterocycles. The maximum absolute atomic E-state index is 13.1. The Bertz CT molecular complexity index is 1020. The first-order chi connectivity index (χ1) is 12.6. The van der Waals surface area contributed by atoms with E-state index in [2.05, 4.69) is 15.1 Å². The minimum atomic E-state index is -0.589. The first-order valence-corrected chi connectivity index (χ1v) is 8.25. The summed E-state index contributed by atoms with van der Waals surface area (Å²) in [6.07, 6.45) is 1.41. The van der Waals surface area contributed by atoms with E-state index in [0.717, 1.165) is 5.56 Å². The normalized spacial score (nSPS) is 13.5. The van der Waals surface area contributed by atoms with Gasteiger partial charge in [0.25, 0.3) is 5.91 Å². The van der Waals surface area contributed by atoms with E-state index in [1.165, 1.54) is 16.9 Å². The summed E-state index contributed by atoms with van der Waals surface area (Å²) in [5, 5.41) is 4.92. The van der Waals surface area contributed by atoms with Crippen molar-refractivity contribution >= 4 is 29.0 Å². The van der Waals surface area contributed by atoms with Crippen molar-refractivity contribution in [3.05, 3.63) is 64.8 Å².